The van der Waals surface area contributed by atoms with Crippen molar-refractivity contribution in [3.63, 3.8) is 0 Å². The molecule has 0 aromatic heterocycles. The number of hydrogen-bond acceptors (Lipinski definition) is 3. The second kappa shape index (κ2) is 7.95. The normalized spacial score (nSPS) is 12.4. The fraction of sp³-hybridized carbons (Fsp3) is 0.250. The molecule has 148 valence electrons. The van der Waals surface area contributed by atoms with Crippen LogP contribution in [0.5, 0.6) is 0 Å². The first kappa shape index (κ1) is 19.0. The number of amides is 1. The first-order chi connectivity index (χ1) is 14.1. The second-order valence-corrected chi connectivity index (χ2v) is 7.31. The molecule has 0 fully saturated rings. The van der Waals surface area contributed by atoms with E-state index < -0.39 is 18.1 Å². The van der Waals surface area contributed by atoms with Gasteiger partial charge < -0.3 is 15.2 Å². The van der Waals surface area contributed by atoms with E-state index in [2.05, 4.69) is 41.7 Å². The van der Waals surface area contributed by atoms with Gasteiger partial charge in [0.1, 0.15) is 6.04 Å². The summed E-state index contributed by atoms with van der Waals surface area (Å²) in [5.74, 6) is -0.536. The fourth-order valence-corrected chi connectivity index (χ4v) is 3.95. The predicted molar refractivity (Wildman–Crippen MR) is 115 cm³/mol. The number of benzene rings is 4. The van der Waals surface area contributed by atoms with Gasteiger partial charge in [-0.2, -0.15) is 0 Å². The number of rotatable bonds is 7. The molecule has 0 saturated carbocycles. The third-order valence-electron chi connectivity index (χ3n) is 5.37. The van der Waals surface area contributed by atoms with Crippen LogP contribution in [0.1, 0.15) is 25.3 Å². The van der Waals surface area contributed by atoms with Gasteiger partial charge in [-0.25, -0.2) is 9.59 Å². The number of hydrogen-bond donors (Lipinski definition) is 2. The van der Waals surface area contributed by atoms with Crippen LogP contribution in [0.3, 0.4) is 0 Å². The molecule has 4 rings (SSSR count). The Morgan fingerprint density at radius 3 is 2.31 bits per heavy atom. The maximum absolute atomic E-state index is 12.5. The van der Waals surface area contributed by atoms with Crippen LogP contribution >= 0.6 is 0 Å². The number of carboxylic acid groups (broad SMARTS) is 1. The second-order valence-electron chi connectivity index (χ2n) is 7.31. The summed E-state index contributed by atoms with van der Waals surface area (Å²) < 4.78 is 5.28. The van der Waals surface area contributed by atoms with Gasteiger partial charge in [0.25, 0.3) is 0 Å². The number of unbranched alkanes of at least 4 members (excludes halogenated alkanes) is 1. The Morgan fingerprint density at radius 2 is 1.62 bits per heavy atom. The van der Waals surface area contributed by atoms with Crippen molar-refractivity contribution in [2.24, 2.45) is 0 Å². The minimum atomic E-state index is -1.24. The number of nitrogens with one attached hydrogen (secondary N) is 1. The SMILES string of the molecule is CCCCOC(=O)[C@@H](Cc1ccc2ccc3cccc4ccc1c2c34)NC(=O)O. The molecule has 0 bridgehead atoms. The molecule has 5 nitrogen and oxygen atoms in total. The van der Waals surface area contributed by atoms with Crippen molar-refractivity contribution in [2.45, 2.75) is 32.2 Å². The Kier molecular flexibility index (Phi) is 5.21. The fourth-order valence-electron chi connectivity index (χ4n) is 3.95. The third-order valence-corrected chi connectivity index (χ3v) is 5.37. The van der Waals surface area contributed by atoms with Gasteiger partial charge in [0.15, 0.2) is 0 Å². The Labute approximate surface area is 168 Å². The van der Waals surface area contributed by atoms with E-state index in [1.807, 2.05) is 25.1 Å². The Balaban J connectivity index is 1.75. The molecule has 0 aliphatic heterocycles. The summed E-state index contributed by atoms with van der Waals surface area (Å²) in [6, 6.07) is 17.6. The van der Waals surface area contributed by atoms with E-state index in [0.717, 1.165) is 45.3 Å². The summed E-state index contributed by atoms with van der Waals surface area (Å²) in [5.41, 5.74) is 0.918. The molecule has 0 heterocycles. The van der Waals surface area contributed by atoms with Gasteiger partial charge in [-0.15, -0.1) is 0 Å². The summed E-state index contributed by atoms with van der Waals surface area (Å²) in [4.78, 5) is 23.7. The van der Waals surface area contributed by atoms with Crippen molar-refractivity contribution >= 4 is 44.4 Å². The summed E-state index contributed by atoms with van der Waals surface area (Å²) >= 11 is 0. The maximum atomic E-state index is 12.5. The zero-order chi connectivity index (χ0) is 20.4. The highest BCUT2D eigenvalue weighted by molar-refractivity contribution is 6.23. The lowest BCUT2D eigenvalue weighted by molar-refractivity contribution is -0.146. The van der Waals surface area contributed by atoms with Crippen LogP contribution in [-0.4, -0.2) is 29.8 Å². The highest BCUT2D eigenvalue weighted by atomic mass is 16.5. The maximum Gasteiger partial charge on any atom is 0.405 e. The lowest BCUT2D eigenvalue weighted by atomic mass is 9.90. The van der Waals surface area contributed by atoms with E-state index in [1.54, 1.807) is 0 Å². The van der Waals surface area contributed by atoms with Crippen LogP contribution in [0.4, 0.5) is 4.79 Å². The minimum Gasteiger partial charge on any atom is -0.465 e. The molecule has 0 radical (unpaired) electrons. The quantitative estimate of drug-likeness (QED) is 0.262. The van der Waals surface area contributed by atoms with Crippen LogP contribution in [0.2, 0.25) is 0 Å². The van der Waals surface area contributed by atoms with Crippen LogP contribution in [0, 0.1) is 0 Å². The van der Waals surface area contributed by atoms with E-state index in [9.17, 15) is 14.7 Å². The van der Waals surface area contributed by atoms with Gasteiger partial charge in [0, 0.05) is 6.42 Å². The molecule has 4 aromatic rings. The average molecular weight is 389 g/mol. The van der Waals surface area contributed by atoms with E-state index in [4.69, 9.17) is 4.74 Å². The molecule has 0 aliphatic carbocycles. The highest BCUT2D eigenvalue weighted by Gasteiger charge is 2.24. The van der Waals surface area contributed by atoms with Gasteiger partial charge in [-0.3, -0.25) is 0 Å². The molecular formula is C24H23NO4. The van der Waals surface area contributed by atoms with Gasteiger partial charge in [0.05, 0.1) is 6.61 Å². The molecule has 0 spiro atoms. The van der Waals surface area contributed by atoms with E-state index >= 15 is 0 Å². The van der Waals surface area contributed by atoms with Crippen LogP contribution < -0.4 is 5.32 Å². The standard InChI is InChI=1S/C24H23NO4/c1-2-3-13-29-23(26)20(25-24(27)28)14-18-10-9-17-8-7-15-5-4-6-16-11-12-19(18)22(17)21(15)16/h4-12,20,25H,2-3,13-14H2,1H3,(H,27,28)/t20-/m1/s1. The molecule has 5 heteroatoms. The highest BCUT2D eigenvalue weighted by Crippen LogP contribution is 2.36. The predicted octanol–water partition coefficient (Wildman–Crippen LogP) is 5.11. The molecule has 29 heavy (non-hydrogen) atoms. The minimum absolute atomic E-state index is 0.241. The molecule has 0 saturated heterocycles. The summed E-state index contributed by atoms with van der Waals surface area (Å²) in [5, 5.41) is 18.3. The van der Waals surface area contributed by atoms with Crippen molar-refractivity contribution in [3.8, 4) is 0 Å². The molecule has 1 amide bonds. The van der Waals surface area contributed by atoms with Gasteiger partial charge in [0.2, 0.25) is 0 Å². The number of ether oxygens (including phenoxy) is 1. The molecule has 1 atom stereocenters. The molecule has 2 N–H and O–H groups in total. The summed E-state index contributed by atoms with van der Waals surface area (Å²) in [7, 11) is 0. The zero-order valence-electron chi connectivity index (χ0n) is 16.3. The lowest BCUT2D eigenvalue weighted by Crippen LogP contribution is -2.42. The van der Waals surface area contributed by atoms with E-state index in [-0.39, 0.29) is 6.42 Å². The third kappa shape index (κ3) is 3.68. The monoisotopic (exact) mass is 389 g/mol. The summed E-state index contributed by atoms with van der Waals surface area (Å²) in [6.45, 7) is 2.30. The molecule has 4 aromatic carbocycles. The van der Waals surface area contributed by atoms with Crippen LogP contribution in [-0.2, 0) is 16.0 Å². The van der Waals surface area contributed by atoms with E-state index in [1.165, 1.54) is 5.39 Å². The lowest BCUT2D eigenvalue weighted by Gasteiger charge is -2.18. The first-order valence-corrected chi connectivity index (χ1v) is 9.90. The van der Waals surface area contributed by atoms with Crippen LogP contribution in [0.15, 0.2) is 54.6 Å². The van der Waals surface area contributed by atoms with Crippen molar-refractivity contribution < 1.29 is 19.4 Å². The largest absolute Gasteiger partial charge is 0.465 e. The first-order valence-electron chi connectivity index (χ1n) is 9.90. The van der Waals surface area contributed by atoms with Crippen molar-refractivity contribution in [2.75, 3.05) is 6.61 Å². The molecule has 0 unspecified atom stereocenters. The van der Waals surface area contributed by atoms with Crippen molar-refractivity contribution in [1.29, 1.82) is 0 Å². The van der Waals surface area contributed by atoms with Crippen LogP contribution in [0.25, 0.3) is 32.3 Å². The number of carbonyl (C=O) groups is 2. The van der Waals surface area contributed by atoms with Gasteiger partial charge in [-0.05, 0) is 44.3 Å². The average Bonchev–Trinajstić information content (AvgIpc) is 2.72. The number of carbonyl (C=O) groups excluding carboxylic acids is 1. The number of esters is 1. The Morgan fingerprint density at radius 1 is 0.966 bits per heavy atom. The molecule has 0 aliphatic rings. The van der Waals surface area contributed by atoms with Crippen molar-refractivity contribution in [1.82, 2.24) is 5.32 Å². The Bertz CT molecular complexity index is 1170. The Hall–Kier alpha value is -3.34. The topological polar surface area (TPSA) is 75.6 Å². The zero-order valence-corrected chi connectivity index (χ0v) is 16.3. The summed E-state index contributed by atoms with van der Waals surface area (Å²) in [6.07, 6.45) is 0.662. The van der Waals surface area contributed by atoms with Crippen molar-refractivity contribution in [3.05, 3.63) is 60.2 Å². The van der Waals surface area contributed by atoms with E-state index in [0.29, 0.717) is 6.61 Å². The molecular weight excluding hydrogens is 366 g/mol. The smallest absolute Gasteiger partial charge is 0.405 e. The van der Waals surface area contributed by atoms with Gasteiger partial charge >= 0.3 is 12.1 Å². The van der Waals surface area contributed by atoms with Gasteiger partial charge in [-0.1, -0.05) is 67.9 Å².